The van der Waals surface area contributed by atoms with Gasteiger partial charge in [-0.3, -0.25) is 9.69 Å². The van der Waals surface area contributed by atoms with Gasteiger partial charge in [-0.2, -0.15) is 16.6 Å². The Bertz CT molecular complexity index is 980. The summed E-state index contributed by atoms with van der Waals surface area (Å²) in [6.07, 6.45) is 2.57. The SMILES string of the molecule is CSCc1nnn(C2CCN(c3ccc(N4CC(CNC(C)=O)OC4=O)cc3F)CC2)n1. The largest absolute Gasteiger partial charge is 0.442 e. The van der Waals surface area contributed by atoms with E-state index in [-0.39, 0.29) is 30.9 Å². The fraction of sp³-hybridized carbons (Fsp3) is 0.550. The Hall–Kier alpha value is -2.89. The molecule has 2 saturated heterocycles. The van der Waals surface area contributed by atoms with Crippen molar-refractivity contribution >= 4 is 35.1 Å². The van der Waals surface area contributed by atoms with Crippen molar-refractivity contribution in [3.63, 3.8) is 0 Å². The maximum Gasteiger partial charge on any atom is 0.414 e. The van der Waals surface area contributed by atoms with E-state index in [0.717, 1.165) is 24.4 Å². The smallest absolute Gasteiger partial charge is 0.414 e. The van der Waals surface area contributed by atoms with Gasteiger partial charge in [0.05, 0.1) is 36.3 Å². The van der Waals surface area contributed by atoms with E-state index in [1.807, 2.05) is 11.2 Å². The number of aromatic nitrogens is 4. The number of hydrogen-bond donors (Lipinski definition) is 1. The highest BCUT2D eigenvalue weighted by molar-refractivity contribution is 7.97. The summed E-state index contributed by atoms with van der Waals surface area (Å²) in [6.45, 7) is 3.23. The topological polar surface area (TPSA) is 105 Å². The van der Waals surface area contributed by atoms with Gasteiger partial charge >= 0.3 is 6.09 Å². The van der Waals surface area contributed by atoms with Crippen LogP contribution in [-0.2, 0) is 15.3 Å². The van der Waals surface area contributed by atoms with E-state index in [4.69, 9.17) is 4.74 Å². The molecule has 1 atom stereocenters. The third-order valence-electron chi connectivity index (χ3n) is 5.57. The van der Waals surface area contributed by atoms with E-state index in [0.29, 0.717) is 24.5 Å². The van der Waals surface area contributed by atoms with Crippen LogP contribution in [0.4, 0.5) is 20.6 Å². The highest BCUT2D eigenvalue weighted by Crippen LogP contribution is 2.31. The first-order valence-electron chi connectivity index (χ1n) is 10.5. The number of halogens is 1. The van der Waals surface area contributed by atoms with Gasteiger partial charge in [0.1, 0.15) is 11.9 Å². The Kier molecular flexibility index (Phi) is 6.77. The number of rotatable bonds is 7. The Morgan fingerprint density at radius 3 is 2.81 bits per heavy atom. The molecule has 4 rings (SSSR count). The zero-order valence-corrected chi connectivity index (χ0v) is 18.8. The molecule has 1 aromatic carbocycles. The molecule has 1 N–H and O–H groups in total. The summed E-state index contributed by atoms with van der Waals surface area (Å²) in [5, 5.41) is 15.3. The first-order chi connectivity index (χ1) is 15.4. The molecule has 172 valence electrons. The van der Waals surface area contributed by atoms with Crippen LogP contribution in [0.5, 0.6) is 0 Å². The Morgan fingerprint density at radius 2 is 2.12 bits per heavy atom. The lowest BCUT2D eigenvalue weighted by molar-refractivity contribution is -0.119. The highest BCUT2D eigenvalue weighted by atomic mass is 32.2. The highest BCUT2D eigenvalue weighted by Gasteiger charge is 2.33. The van der Waals surface area contributed by atoms with Crippen LogP contribution >= 0.6 is 11.8 Å². The van der Waals surface area contributed by atoms with Gasteiger partial charge in [-0.05, 0) is 42.5 Å². The summed E-state index contributed by atoms with van der Waals surface area (Å²) < 4.78 is 20.2. The molecule has 0 aliphatic carbocycles. The summed E-state index contributed by atoms with van der Waals surface area (Å²) in [7, 11) is 0. The second-order valence-corrected chi connectivity index (χ2v) is 8.73. The molecule has 32 heavy (non-hydrogen) atoms. The average molecular weight is 464 g/mol. The fourth-order valence-corrected chi connectivity index (χ4v) is 4.32. The number of hydrogen-bond acceptors (Lipinski definition) is 8. The number of nitrogens with one attached hydrogen (secondary N) is 1. The molecular formula is C20H26FN7O3S. The zero-order chi connectivity index (χ0) is 22.7. The number of cyclic esters (lactones) is 1. The van der Waals surface area contributed by atoms with Crippen molar-refractivity contribution < 1.29 is 18.7 Å². The molecule has 3 heterocycles. The van der Waals surface area contributed by atoms with Crippen LogP contribution in [0, 0.1) is 5.82 Å². The molecule has 2 amide bonds. The van der Waals surface area contributed by atoms with Crippen molar-refractivity contribution in [2.24, 2.45) is 0 Å². The van der Waals surface area contributed by atoms with Crippen molar-refractivity contribution in [3.05, 3.63) is 29.8 Å². The maximum atomic E-state index is 15.0. The van der Waals surface area contributed by atoms with Crippen LogP contribution < -0.4 is 15.1 Å². The number of ether oxygens (including phenoxy) is 1. The lowest BCUT2D eigenvalue weighted by Gasteiger charge is -2.33. The molecule has 2 fully saturated rings. The van der Waals surface area contributed by atoms with E-state index in [1.165, 1.54) is 17.9 Å². The summed E-state index contributed by atoms with van der Waals surface area (Å²) in [4.78, 5) is 28.3. The summed E-state index contributed by atoms with van der Waals surface area (Å²) in [5.74, 6) is 0.870. The van der Waals surface area contributed by atoms with Crippen LogP contribution in [0.3, 0.4) is 0 Å². The molecule has 2 aromatic rings. The van der Waals surface area contributed by atoms with Gasteiger partial charge in [-0.15, -0.1) is 10.2 Å². The molecule has 10 nitrogen and oxygen atoms in total. The van der Waals surface area contributed by atoms with Gasteiger partial charge in [0, 0.05) is 20.0 Å². The number of tetrazole rings is 1. The summed E-state index contributed by atoms with van der Waals surface area (Å²) in [5.41, 5.74) is 0.939. The van der Waals surface area contributed by atoms with Gasteiger partial charge in [0.2, 0.25) is 5.91 Å². The van der Waals surface area contributed by atoms with Crippen LogP contribution in [0.15, 0.2) is 18.2 Å². The Labute approximate surface area is 189 Å². The number of anilines is 2. The lowest BCUT2D eigenvalue weighted by atomic mass is 10.0. The molecule has 12 heteroatoms. The van der Waals surface area contributed by atoms with E-state index in [1.54, 1.807) is 28.7 Å². The molecule has 2 aliphatic rings. The molecule has 1 aromatic heterocycles. The van der Waals surface area contributed by atoms with Crippen molar-refractivity contribution in [2.75, 3.05) is 42.2 Å². The summed E-state index contributed by atoms with van der Waals surface area (Å²) >= 11 is 1.65. The maximum absolute atomic E-state index is 15.0. The van der Waals surface area contributed by atoms with E-state index in [9.17, 15) is 14.0 Å². The molecule has 0 spiro atoms. The normalized spacial score (nSPS) is 19.3. The van der Waals surface area contributed by atoms with Crippen molar-refractivity contribution in [3.8, 4) is 0 Å². The number of benzene rings is 1. The second kappa shape index (κ2) is 9.72. The number of carbonyl (C=O) groups is 2. The number of piperidine rings is 1. The number of carbonyl (C=O) groups excluding carboxylic acids is 2. The van der Waals surface area contributed by atoms with Crippen LogP contribution in [-0.4, -0.2) is 70.7 Å². The van der Waals surface area contributed by atoms with Gasteiger partial charge in [-0.25, -0.2) is 9.18 Å². The third kappa shape index (κ3) is 4.95. The Balaban J connectivity index is 1.36. The van der Waals surface area contributed by atoms with Crippen LogP contribution in [0.2, 0.25) is 0 Å². The first kappa shape index (κ1) is 22.3. The number of amides is 2. The fourth-order valence-electron chi connectivity index (χ4n) is 3.95. The van der Waals surface area contributed by atoms with Crippen LogP contribution in [0.1, 0.15) is 31.6 Å². The van der Waals surface area contributed by atoms with Gasteiger partial charge in [0.25, 0.3) is 0 Å². The number of nitrogens with zero attached hydrogens (tertiary/aromatic N) is 6. The van der Waals surface area contributed by atoms with Crippen LogP contribution in [0.25, 0.3) is 0 Å². The molecule has 0 saturated carbocycles. The minimum absolute atomic E-state index is 0.150. The van der Waals surface area contributed by atoms with E-state index in [2.05, 4.69) is 20.7 Å². The standard InChI is InChI=1S/C20H26FN7O3S/c1-13(29)22-10-16-11-27(20(30)31-16)15-3-4-18(17(21)9-15)26-7-5-14(6-8-26)28-24-19(12-32-2)23-25-28/h3-4,9,14,16H,5-8,10-12H2,1-2H3,(H,22,29). The second-order valence-electron chi connectivity index (χ2n) is 7.87. The number of thioether (sulfide) groups is 1. The van der Waals surface area contributed by atoms with Gasteiger partial charge < -0.3 is 15.0 Å². The first-order valence-corrected chi connectivity index (χ1v) is 11.9. The molecule has 2 aliphatic heterocycles. The third-order valence-corrected chi connectivity index (χ3v) is 6.12. The van der Waals surface area contributed by atoms with E-state index >= 15 is 0 Å². The molecule has 0 bridgehead atoms. The predicted molar refractivity (Wildman–Crippen MR) is 118 cm³/mol. The van der Waals surface area contributed by atoms with Crippen molar-refractivity contribution in [1.29, 1.82) is 0 Å². The van der Waals surface area contributed by atoms with Crippen molar-refractivity contribution in [1.82, 2.24) is 25.5 Å². The minimum Gasteiger partial charge on any atom is -0.442 e. The quantitative estimate of drug-likeness (QED) is 0.665. The summed E-state index contributed by atoms with van der Waals surface area (Å²) in [6, 6.07) is 4.93. The molecule has 0 radical (unpaired) electrons. The molecule has 1 unspecified atom stereocenters. The van der Waals surface area contributed by atoms with Crippen molar-refractivity contribution in [2.45, 2.75) is 37.7 Å². The Morgan fingerprint density at radius 1 is 1.34 bits per heavy atom. The van der Waals surface area contributed by atoms with Gasteiger partial charge in [-0.1, -0.05) is 0 Å². The van der Waals surface area contributed by atoms with Gasteiger partial charge in [0.15, 0.2) is 5.82 Å². The molecular weight excluding hydrogens is 437 g/mol. The lowest BCUT2D eigenvalue weighted by Crippen LogP contribution is -2.36. The predicted octanol–water partition coefficient (Wildman–Crippen LogP) is 1.98. The van der Waals surface area contributed by atoms with E-state index < -0.39 is 12.2 Å². The monoisotopic (exact) mass is 463 g/mol. The zero-order valence-electron chi connectivity index (χ0n) is 18.0. The average Bonchev–Trinajstić information content (AvgIpc) is 3.39. The minimum atomic E-state index is -0.547.